The van der Waals surface area contributed by atoms with Crippen LogP contribution < -0.4 is 5.32 Å². The zero-order chi connectivity index (χ0) is 13.1. The van der Waals surface area contributed by atoms with Gasteiger partial charge >= 0.3 is 0 Å². The van der Waals surface area contributed by atoms with Gasteiger partial charge in [0, 0.05) is 19.6 Å². The van der Waals surface area contributed by atoms with Crippen molar-refractivity contribution in [1.29, 1.82) is 0 Å². The molecule has 1 aromatic carbocycles. The van der Waals surface area contributed by atoms with Crippen LogP contribution in [-0.2, 0) is 0 Å². The summed E-state index contributed by atoms with van der Waals surface area (Å²) in [5.41, 5.74) is 1.61. The molecule has 0 aliphatic carbocycles. The molecule has 102 valence electrons. The van der Waals surface area contributed by atoms with Gasteiger partial charge in [-0.05, 0) is 49.0 Å². The Morgan fingerprint density at radius 2 is 2.11 bits per heavy atom. The fraction of sp³-hybridized carbons (Fsp3) is 0.500. The Morgan fingerprint density at radius 3 is 2.84 bits per heavy atom. The van der Waals surface area contributed by atoms with E-state index in [-0.39, 0.29) is 5.82 Å². The summed E-state index contributed by atoms with van der Waals surface area (Å²) in [5.74, 6) is -0.174. The lowest BCUT2D eigenvalue weighted by molar-refractivity contribution is 0.293. The van der Waals surface area contributed by atoms with Crippen LogP contribution in [0.25, 0.3) is 6.08 Å². The van der Waals surface area contributed by atoms with Crippen LogP contribution in [0.2, 0.25) is 0 Å². The number of hydrogen-bond acceptors (Lipinski definition) is 2. The highest BCUT2D eigenvalue weighted by Gasteiger charge is 2.39. The number of nitrogens with one attached hydrogen (secondary N) is 1. The highest BCUT2D eigenvalue weighted by molar-refractivity contribution is 5.48. The van der Waals surface area contributed by atoms with Gasteiger partial charge in [-0.3, -0.25) is 4.90 Å². The Morgan fingerprint density at radius 1 is 1.26 bits per heavy atom. The molecule has 2 aliphatic heterocycles. The van der Waals surface area contributed by atoms with Gasteiger partial charge in [0.2, 0.25) is 0 Å². The SMILES string of the molecule is Fc1ccc(/C=C/CN2CCC3(CCNC3)C2)cc1. The zero-order valence-corrected chi connectivity index (χ0v) is 11.2. The van der Waals surface area contributed by atoms with E-state index in [0.717, 1.165) is 12.1 Å². The number of halogens is 1. The molecule has 3 heteroatoms. The Labute approximate surface area is 114 Å². The lowest BCUT2D eigenvalue weighted by Crippen LogP contribution is -2.29. The van der Waals surface area contributed by atoms with E-state index in [0.29, 0.717) is 5.41 Å². The van der Waals surface area contributed by atoms with E-state index >= 15 is 0 Å². The third kappa shape index (κ3) is 3.04. The summed E-state index contributed by atoms with van der Waals surface area (Å²) in [7, 11) is 0. The second kappa shape index (κ2) is 5.43. The van der Waals surface area contributed by atoms with Crippen LogP contribution in [-0.4, -0.2) is 37.6 Å². The van der Waals surface area contributed by atoms with Crippen LogP contribution in [0.3, 0.4) is 0 Å². The molecule has 0 radical (unpaired) electrons. The normalized spacial score (nSPS) is 27.8. The van der Waals surface area contributed by atoms with Gasteiger partial charge in [0.25, 0.3) is 0 Å². The number of likely N-dealkylation sites (tertiary alicyclic amines) is 1. The highest BCUT2D eigenvalue weighted by atomic mass is 19.1. The van der Waals surface area contributed by atoms with E-state index in [9.17, 15) is 4.39 Å². The average Bonchev–Trinajstić information content (AvgIpc) is 3.03. The molecular weight excluding hydrogens is 239 g/mol. The smallest absolute Gasteiger partial charge is 0.123 e. The third-order valence-electron chi connectivity index (χ3n) is 4.39. The van der Waals surface area contributed by atoms with Crippen molar-refractivity contribution in [1.82, 2.24) is 10.2 Å². The van der Waals surface area contributed by atoms with Crippen LogP contribution in [0, 0.1) is 11.2 Å². The molecule has 19 heavy (non-hydrogen) atoms. The van der Waals surface area contributed by atoms with Crippen molar-refractivity contribution in [3.8, 4) is 0 Å². The topological polar surface area (TPSA) is 15.3 Å². The quantitative estimate of drug-likeness (QED) is 0.898. The minimum Gasteiger partial charge on any atom is -0.316 e. The molecular formula is C16H21FN2. The highest BCUT2D eigenvalue weighted by Crippen LogP contribution is 2.35. The standard InChI is InChI=1S/C16H21FN2/c17-15-5-3-14(4-6-15)2-1-10-19-11-8-16(13-19)7-9-18-12-16/h1-6,18H,7-13H2/b2-1+. The first-order valence-corrected chi connectivity index (χ1v) is 7.11. The van der Waals surface area contributed by atoms with E-state index in [1.807, 2.05) is 12.1 Å². The largest absolute Gasteiger partial charge is 0.316 e. The zero-order valence-electron chi connectivity index (χ0n) is 11.2. The van der Waals surface area contributed by atoms with Gasteiger partial charge < -0.3 is 5.32 Å². The number of nitrogens with zero attached hydrogens (tertiary/aromatic N) is 1. The van der Waals surface area contributed by atoms with E-state index in [1.165, 1.54) is 51.2 Å². The second-order valence-corrected chi connectivity index (χ2v) is 5.87. The van der Waals surface area contributed by atoms with Gasteiger partial charge in [-0.2, -0.15) is 0 Å². The van der Waals surface area contributed by atoms with Crippen LogP contribution in [0.5, 0.6) is 0 Å². The van der Waals surface area contributed by atoms with Crippen molar-refractivity contribution >= 4 is 6.08 Å². The van der Waals surface area contributed by atoms with Gasteiger partial charge in [0.05, 0.1) is 0 Å². The summed E-state index contributed by atoms with van der Waals surface area (Å²) < 4.78 is 12.8. The minimum absolute atomic E-state index is 0.174. The molecule has 1 N–H and O–H groups in total. The van der Waals surface area contributed by atoms with Crippen molar-refractivity contribution in [2.75, 3.05) is 32.7 Å². The number of rotatable bonds is 3. The molecule has 2 nitrogen and oxygen atoms in total. The molecule has 2 aliphatic rings. The Hall–Kier alpha value is -1.19. The summed E-state index contributed by atoms with van der Waals surface area (Å²) in [6.45, 7) is 5.78. The maximum absolute atomic E-state index is 12.8. The van der Waals surface area contributed by atoms with Gasteiger partial charge in [-0.1, -0.05) is 24.3 Å². The van der Waals surface area contributed by atoms with Crippen molar-refractivity contribution in [2.45, 2.75) is 12.8 Å². The first-order valence-electron chi connectivity index (χ1n) is 7.11. The average molecular weight is 260 g/mol. The Bertz CT molecular complexity index is 446. The molecule has 2 heterocycles. The van der Waals surface area contributed by atoms with Crippen molar-refractivity contribution < 1.29 is 4.39 Å². The maximum Gasteiger partial charge on any atom is 0.123 e. The third-order valence-corrected chi connectivity index (χ3v) is 4.39. The molecule has 2 fully saturated rings. The Balaban J connectivity index is 1.51. The van der Waals surface area contributed by atoms with E-state index in [1.54, 1.807) is 0 Å². The fourth-order valence-electron chi connectivity index (χ4n) is 3.24. The lowest BCUT2D eigenvalue weighted by atomic mass is 9.87. The molecule has 1 aromatic rings. The van der Waals surface area contributed by atoms with Crippen LogP contribution in [0.1, 0.15) is 18.4 Å². The second-order valence-electron chi connectivity index (χ2n) is 5.87. The first-order chi connectivity index (χ1) is 9.26. The van der Waals surface area contributed by atoms with Gasteiger partial charge in [-0.15, -0.1) is 0 Å². The molecule has 0 amide bonds. The van der Waals surface area contributed by atoms with E-state index in [2.05, 4.69) is 22.4 Å². The van der Waals surface area contributed by atoms with Crippen LogP contribution >= 0.6 is 0 Å². The first kappa shape index (κ1) is 12.8. The summed E-state index contributed by atoms with van der Waals surface area (Å²) in [5, 5.41) is 3.48. The van der Waals surface area contributed by atoms with Crippen LogP contribution in [0.4, 0.5) is 4.39 Å². The lowest BCUT2D eigenvalue weighted by Gasteiger charge is -2.22. The summed E-state index contributed by atoms with van der Waals surface area (Å²) >= 11 is 0. The van der Waals surface area contributed by atoms with Gasteiger partial charge in [0.15, 0.2) is 0 Å². The number of benzene rings is 1. The molecule has 0 bridgehead atoms. The predicted molar refractivity (Wildman–Crippen MR) is 76.4 cm³/mol. The van der Waals surface area contributed by atoms with Crippen LogP contribution in [0.15, 0.2) is 30.3 Å². The molecule has 1 unspecified atom stereocenters. The van der Waals surface area contributed by atoms with Crippen molar-refractivity contribution in [2.24, 2.45) is 5.41 Å². The van der Waals surface area contributed by atoms with Gasteiger partial charge in [0.1, 0.15) is 5.82 Å². The van der Waals surface area contributed by atoms with E-state index in [4.69, 9.17) is 0 Å². The molecule has 0 saturated carbocycles. The summed E-state index contributed by atoms with van der Waals surface area (Å²) in [4.78, 5) is 2.52. The molecule has 3 rings (SSSR count). The molecule has 1 atom stereocenters. The minimum atomic E-state index is -0.174. The Kier molecular flexibility index (Phi) is 3.67. The van der Waals surface area contributed by atoms with Crippen molar-refractivity contribution in [3.63, 3.8) is 0 Å². The van der Waals surface area contributed by atoms with E-state index < -0.39 is 0 Å². The maximum atomic E-state index is 12.8. The van der Waals surface area contributed by atoms with Crippen molar-refractivity contribution in [3.05, 3.63) is 41.7 Å². The predicted octanol–water partition coefficient (Wildman–Crippen LogP) is 2.52. The fourth-order valence-corrected chi connectivity index (χ4v) is 3.24. The summed E-state index contributed by atoms with van der Waals surface area (Å²) in [6.07, 6.45) is 6.92. The molecule has 1 spiro atoms. The molecule has 0 aromatic heterocycles. The number of hydrogen-bond donors (Lipinski definition) is 1. The monoisotopic (exact) mass is 260 g/mol. The van der Waals surface area contributed by atoms with Gasteiger partial charge in [-0.25, -0.2) is 4.39 Å². The molecule has 2 saturated heterocycles. The summed E-state index contributed by atoms with van der Waals surface area (Å²) in [6, 6.07) is 6.65.